The molecule has 0 saturated carbocycles. The van der Waals surface area contributed by atoms with Gasteiger partial charge in [-0.25, -0.2) is 18.8 Å². The van der Waals surface area contributed by atoms with E-state index in [1.54, 1.807) is 0 Å². The first kappa shape index (κ1) is 19.7. The van der Waals surface area contributed by atoms with E-state index in [9.17, 15) is 8.78 Å². The third-order valence-corrected chi connectivity index (χ3v) is 6.13. The van der Waals surface area contributed by atoms with E-state index in [0.717, 1.165) is 43.0 Å². The molecule has 0 spiro atoms. The van der Waals surface area contributed by atoms with Crippen LogP contribution in [0.25, 0.3) is 11.3 Å². The highest BCUT2D eigenvalue weighted by molar-refractivity contribution is 6.14. The Hall–Kier alpha value is -3.29. The molecule has 1 fully saturated rings. The fourth-order valence-corrected chi connectivity index (χ4v) is 4.25. The smallest absolute Gasteiger partial charge is 0.144 e. The lowest BCUT2D eigenvalue weighted by atomic mass is 9.99. The molecule has 8 heteroatoms. The highest BCUT2D eigenvalue weighted by Gasteiger charge is 2.27. The molecule has 0 atom stereocenters. The Morgan fingerprint density at radius 2 is 1.81 bits per heavy atom. The van der Waals surface area contributed by atoms with Crippen molar-refractivity contribution in [2.75, 3.05) is 23.3 Å². The lowest BCUT2D eigenvalue weighted by molar-refractivity contribution is 0.436. The summed E-state index contributed by atoms with van der Waals surface area (Å²) in [6.45, 7) is 7.91. The first-order valence-electron chi connectivity index (χ1n) is 10.5. The summed E-state index contributed by atoms with van der Waals surface area (Å²) in [5.41, 5.74) is 3.93. The molecule has 2 aromatic heterocycles. The number of pyridine rings is 1. The van der Waals surface area contributed by atoms with Gasteiger partial charge in [0.25, 0.3) is 0 Å². The predicted molar refractivity (Wildman–Crippen MR) is 118 cm³/mol. The zero-order valence-electron chi connectivity index (χ0n) is 17.8. The standard InChI is InChI=1S/C23H24F2N6/c1-12-7-9-31(10-8-12)18-11-15-20(13(2)26-18)27-23(19-16(24)5-4-6-17(19)25)28-21-14(3)29-30-22(15)21/h4-6,11-12H,7-10H2,1-3H3,(H,27,28)(H,29,30). The molecule has 4 heterocycles. The third-order valence-electron chi connectivity index (χ3n) is 6.13. The number of rotatable bonds is 2. The van der Waals surface area contributed by atoms with Gasteiger partial charge in [0.15, 0.2) is 0 Å². The molecule has 5 rings (SSSR count). The number of nitrogens with zero attached hydrogens (tertiary/aromatic N) is 4. The Morgan fingerprint density at radius 1 is 1.10 bits per heavy atom. The monoisotopic (exact) mass is 422 g/mol. The Bertz CT molecular complexity index is 1170. The Morgan fingerprint density at radius 3 is 2.52 bits per heavy atom. The number of anilines is 2. The number of hydrogen-bond acceptors (Lipinski definition) is 5. The van der Waals surface area contributed by atoms with E-state index >= 15 is 0 Å². The average Bonchev–Trinajstić information content (AvgIpc) is 3.00. The largest absolute Gasteiger partial charge is 0.357 e. The van der Waals surface area contributed by atoms with E-state index < -0.39 is 11.6 Å². The van der Waals surface area contributed by atoms with Crippen LogP contribution in [0.1, 0.15) is 36.7 Å². The van der Waals surface area contributed by atoms with Crippen LogP contribution in [0.5, 0.6) is 0 Å². The SMILES string of the molecule is Cc1nc(N2CCC(C)CC2)cc2c1N=C(c1c(F)cccc1F)Nc1c-2n[nH]c1C. The van der Waals surface area contributed by atoms with Gasteiger partial charge in [-0.2, -0.15) is 5.10 Å². The summed E-state index contributed by atoms with van der Waals surface area (Å²) in [6, 6.07) is 5.78. The molecule has 0 amide bonds. The molecule has 6 nitrogen and oxygen atoms in total. The number of hydrogen-bond donors (Lipinski definition) is 2. The number of piperidine rings is 1. The Labute approximate surface area is 179 Å². The topological polar surface area (TPSA) is 69.2 Å². The second kappa shape index (κ2) is 7.44. The molecule has 31 heavy (non-hydrogen) atoms. The van der Waals surface area contributed by atoms with E-state index in [-0.39, 0.29) is 11.4 Å². The number of nitrogens with one attached hydrogen (secondary N) is 2. The number of amidine groups is 1. The van der Waals surface area contributed by atoms with Gasteiger partial charge >= 0.3 is 0 Å². The summed E-state index contributed by atoms with van der Waals surface area (Å²) in [5.74, 6) is 0.338. The van der Waals surface area contributed by atoms with Crippen LogP contribution in [0.15, 0.2) is 29.3 Å². The number of fused-ring (bicyclic) bond motifs is 3. The van der Waals surface area contributed by atoms with Crippen molar-refractivity contribution in [3.63, 3.8) is 0 Å². The lowest BCUT2D eigenvalue weighted by Gasteiger charge is -2.31. The minimum absolute atomic E-state index is 0.101. The van der Waals surface area contributed by atoms with Crippen LogP contribution in [0.3, 0.4) is 0 Å². The van der Waals surface area contributed by atoms with E-state index in [4.69, 9.17) is 4.98 Å². The van der Waals surface area contributed by atoms with Crippen LogP contribution in [-0.2, 0) is 0 Å². The summed E-state index contributed by atoms with van der Waals surface area (Å²) in [5, 5.41) is 10.6. The number of aryl methyl sites for hydroxylation is 2. The van der Waals surface area contributed by atoms with Crippen LogP contribution in [0.4, 0.5) is 26.0 Å². The van der Waals surface area contributed by atoms with Crippen molar-refractivity contribution in [3.8, 4) is 11.3 Å². The summed E-state index contributed by atoms with van der Waals surface area (Å²) >= 11 is 0. The number of aromatic nitrogens is 3. The van der Waals surface area contributed by atoms with Gasteiger partial charge in [-0.15, -0.1) is 0 Å². The molecule has 0 aliphatic carbocycles. The van der Waals surface area contributed by atoms with Crippen molar-refractivity contribution in [1.29, 1.82) is 0 Å². The van der Waals surface area contributed by atoms with Crippen LogP contribution < -0.4 is 10.2 Å². The zero-order chi connectivity index (χ0) is 21.7. The highest BCUT2D eigenvalue weighted by Crippen LogP contribution is 2.42. The van der Waals surface area contributed by atoms with Crippen molar-refractivity contribution < 1.29 is 8.78 Å². The van der Waals surface area contributed by atoms with Gasteiger partial charge in [0.2, 0.25) is 0 Å². The molecule has 160 valence electrons. The third kappa shape index (κ3) is 3.36. The Balaban J connectivity index is 1.70. The molecule has 3 aromatic rings. The van der Waals surface area contributed by atoms with Gasteiger partial charge < -0.3 is 10.2 Å². The number of aliphatic imine (C=N–C) groups is 1. The van der Waals surface area contributed by atoms with Crippen LogP contribution in [0.2, 0.25) is 0 Å². The summed E-state index contributed by atoms with van der Waals surface area (Å²) < 4.78 is 29.2. The quantitative estimate of drug-likeness (QED) is 0.602. The van der Waals surface area contributed by atoms with Gasteiger partial charge in [0, 0.05) is 18.7 Å². The number of benzene rings is 1. The van der Waals surface area contributed by atoms with Gasteiger partial charge in [0.1, 0.15) is 29.0 Å². The highest BCUT2D eigenvalue weighted by atomic mass is 19.1. The second-order valence-electron chi connectivity index (χ2n) is 8.39. The fraction of sp³-hybridized carbons (Fsp3) is 0.348. The number of halogens is 2. The van der Waals surface area contributed by atoms with Crippen LogP contribution in [0, 0.1) is 31.4 Å². The summed E-state index contributed by atoms with van der Waals surface area (Å²) in [4.78, 5) is 11.7. The van der Waals surface area contributed by atoms with Crippen LogP contribution in [-0.4, -0.2) is 34.1 Å². The molecule has 1 saturated heterocycles. The van der Waals surface area contributed by atoms with Gasteiger partial charge in [0.05, 0.1) is 28.3 Å². The average molecular weight is 422 g/mol. The first-order valence-corrected chi connectivity index (χ1v) is 10.5. The summed E-state index contributed by atoms with van der Waals surface area (Å²) in [6.07, 6.45) is 2.25. The maximum absolute atomic E-state index is 14.6. The molecular formula is C23H24F2N6. The lowest BCUT2D eigenvalue weighted by Crippen LogP contribution is -2.33. The maximum Gasteiger partial charge on any atom is 0.144 e. The van der Waals surface area contributed by atoms with Gasteiger partial charge in [-0.3, -0.25) is 5.10 Å². The fourth-order valence-electron chi connectivity index (χ4n) is 4.25. The predicted octanol–water partition coefficient (Wildman–Crippen LogP) is 5.11. The number of H-pyrrole nitrogens is 1. The van der Waals surface area contributed by atoms with Crippen molar-refractivity contribution >= 4 is 23.0 Å². The van der Waals surface area contributed by atoms with Crippen molar-refractivity contribution in [2.45, 2.75) is 33.6 Å². The molecule has 0 unspecified atom stereocenters. The van der Waals surface area contributed by atoms with E-state index in [2.05, 4.69) is 32.3 Å². The minimum atomic E-state index is -0.679. The summed E-state index contributed by atoms with van der Waals surface area (Å²) in [7, 11) is 0. The van der Waals surface area contributed by atoms with E-state index in [1.165, 1.54) is 18.2 Å². The van der Waals surface area contributed by atoms with E-state index in [0.29, 0.717) is 28.7 Å². The first-order chi connectivity index (χ1) is 14.9. The van der Waals surface area contributed by atoms with Crippen molar-refractivity contribution in [2.24, 2.45) is 10.9 Å². The molecule has 0 bridgehead atoms. The molecule has 2 aliphatic heterocycles. The Kier molecular flexibility index (Phi) is 4.72. The maximum atomic E-state index is 14.6. The molecule has 0 radical (unpaired) electrons. The molecule has 2 N–H and O–H groups in total. The molecule has 1 aromatic carbocycles. The van der Waals surface area contributed by atoms with Gasteiger partial charge in [-0.1, -0.05) is 13.0 Å². The van der Waals surface area contributed by atoms with Crippen molar-refractivity contribution in [1.82, 2.24) is 15.2 Å². The van der Waals surface area contributed by atoms with E-state index in [1.807, 2.05) is 19.9 Å². The van der Waals surface area contributed by atoms with Crippen molar-refractivity contribution in [3.05, 3.63) is 52.9 Å². The molecule has 2 aliphatic rings. The normalized spacial score (nSPS) is 16.3. The zero-order valence-corrected chi connectivity index (χ0v) is 17.8. The van der Waals surface area contributed by atoms with Gasteiger partial charge in [-0.05, 0) is 50.8 Å². The molecular weight excluding hydrogens is 398 g/mol. The second-order valence-corrected chi connectivity index (χ2v) is 8.39. The number of aromatic amines is 1. The minimum Gasteiger partial charge on any atom is -0.357 e. The van der Waals surface area contributed by atoms with Crippen LogP contribution >= 0.6 is 0 Å².